The summed E-state index contributed by atoms with van der Waals surface area (Å²) in [7, 11) is 0. The van der Waals surface area contributed by atoms with Crippen LogP contribution in [0.2, 0.25) is 0 Å². The van der Waals surface area contributed by atoms with E-state index in [1.54, 1.807) is 0 Å². The molecular weight excluding hydrogens is 266 g/mol. The van der Waals surface area contributed by atoms with Crippen LogP contribution in [0.15, 0.2) is 4.52 Å². The van der Waals surface area contributed by atoms with Gasteiger partial charge in [-0.15, -0.1) is 0 Å². The molecule has 1 saturated heterocycles. The molecule has 3 unspecified atom stereocenters. The summed E-state index contributed by atoms with van der Waals surface area (Å²) in [5, 5.41) is 7.71. The van der Waals surface area contributed by atoms with Crippen molar-refractivity contribution in [1.82, 2.24) is 15.5 Å². The maximum absolute atomic E-state index is 6.13. The van der Waals surface area contributed by atoms with Crippen molar-refractivity contribution in [3.05, 3.63) is 11.7 Å². The molecule has 2 fully saturated rings. The van der Waals surface area contributed by atoms with Gasteiger partial charge in [-0.2, -0.15) is 4.98 Å². The summed E-state index contributed by atoms with van der Waals surface area (Å²) in [6.07, 6.45) is 6.76. The van der Waals surface area contributed by atoms with Gasteiger partial charge in [-0.05, 0) is 51.5 Å². The monoisotopic (exact) mass is 293 g/mol. The summed E-state index contributed by atoms with van der Waals surface area (Å²) >= 11 is 0. The van der Waals surface area contributed by atoms with Gasteiger partial charge >= 0.3 is 0 Å². The fourth-order valence-corrected chi connectivity index (χ4v) is 3.83. The molecule has 0 amide bonds. The van der Waals surface area contributed by atoms with E-state index in [0.717, 1.165) is 44.1 Å². The first-order chi connectivity index (χ1) is 10.2. The van der Waals surface area contributed by atoms with Gasteiger partial charge in [0.05, 0.1) is 5.92 Å². The molecule has 1 saturated carbocycles. The van der Waals surface area contributed by atoms with Crippen molar-refractivity contribution in [2.75, 3.05) is 19.7 Å². The Hall–Kier alpha value is -0.940. The topological polar surface area (TPSA) is 60.2 Å². The quantitative estimate of drug-likeness (QED) is 0.924. The molecule has 0 radical (unpaired) electrons. The highest BCUT2D eigenvalue weighted by atomic mass is 16.5. The molecule has 0 spiro atoms. The molecule has 0 bridgehead atoms. The van der Waals surface area contributed by atoms with Crippen LogP contribution in [0.4, 0.5) is 0 Å². The first-order valence-corrected chi connectivity index (χ1v) is 8.42. The third-order valence-electron chi connectivity index (χ3n) is 4.87. The van der Waals surface area contributed by atoms with Gasteiger partial charge in [0.15, 0.2) is 0 Å². The number of nitrogens with one attached hydrogen (secondary N) is 1. The van der Waals surface area contributed by atoms with Crippen molar-refractivity contribution in [2.24, 2.45) is 5.92 Å². The normalized spacial score (nSPS) is 34.0. The minimum Gasteiger partial charge on any atom is -0.367 e. The number of ether oxygens (including phenoxy) is 1. The largest absolute Gasteiger partial charge is 0.367 e. The number of nitrogens with zero attached hydrogens (tertiary/aromatic N) is 2. The minimum absolute atomic E-state index is 0.323. The van der Waals surface area contributed by atoms with E-state index in [2.05, 4.69) is 17.4 Å². The molecule has 21 heavy (non-hydrogen) atoms. The standard InChI is InChI=1S/C16H27N3O2/c1-3-20-16(8-4-6-12(2)10-16)15-18-14(21-19-15)13-7-5-9-17-11-13/h12-13,17H,3-11H2,1-2H3. The van der Waals surface area contributed by atoms with Crippen molar-refractivity contribution in [1.29, 1.82) is 0 Å². The van der Waals surface area contributed by atoms with Crippen LogP contribution in [0.3, 0.4) is 0 Å². The van der Waals surface area contributed by atoms with Crippen LogP contribution in [0, 0.1) is 5.92 Å². The van der Waals surface area contributed by atoms with E-state index >= 15 is 0 Å². The van der Waals surface area contributed by atoms with Gasteiger partial charge in [-0.3, -0.25) is 0 Å². The number of aromatic nitrogens is 2. The average molecular weight is 293 g/mol. The second-order valence-corrected chi connectivity index (χ2v) is 6.63. The Morgan fingerprint density at radius 2 is 2.29 bits per heavy atom. The van der Waals surface area contributed by atoms with E-state index in [1.807, 2.05) is 6.92 Å². The maximum atomic E-state index is 6.13. The molecule has 3 atom stereocenters. The number of hydrogen-bond donors (Lipinski definition) is 1. The Morgan fingerprint density at radius 3 is 3.00 bits per heavy atom. The van der Waals surface area contributed by atoms with Crippen molar-refractivity contribution >= 4 is 0 Å². The molecule has 3 rings (SSSR count). The molecular formula is C16H27N3O2. The van der Waals surface area contributed by atoms with E-state index < -0.39 is 0 Å². The number of rotatable bonds is 4. The van der Waals surface area contributed by atoms with Gasteiger partial charge in [0.25, 0.3) is 0 Å². The highest BCUT2D eigenvalue weighted by Gasteiger charge is 2.42. The Bertz CT molecular complexity index is 452. The van der Waals surface area contributed by atoms with Crippen LogP contribution < -0.4 is 5.32 Å². The van der Waals surface area contributed by atoms with Gasteiger partial charge in [-0.25, -0.2) is 0 Å². The molecule has 0 aromatic carbocycles. The summed E-state index contributed by atoms with van der Waals surface area (Å²) in [4.78, 5) is 4.74. The van der Waals surface area contributed by atoms with Crippen molar-refractivity contribution in [2.45, 2.75) is 63.9 Å². The molecule has 5 nitrogen and oxygen atoms in total. The zero-order chi connectivity index (χ0) is 14.7. The summed E-state index contributed by atoms with van der Waals surface area (Å²) in [6.45, 7) is 7.07. The third kappa shape index (κ3) is 3.14. The van der Waals surface area contributed by atoms with Crippen LogP contribution in [0.5, 0.6) is 0 Å². The lowest BCUT2D eigenvalue weighted by atomic mass is 9.78. The average Bonchev–Trinajstić information content (AvgIpc) is 2.99. The smallest absolute Gasteiger partial charge is 0.231 e. The molecule has 1 aliphatic heterocycles. The van der Waals surface area contributed by atoms with Crippen LogP contribution in [0.25, 0.3) is 0 Å². The van der Waals surface area contributed by atoms with Crippen LogP contribution >= 0.6 is 0 Å². The van der Waals surface area contributed by atoms with Gasteiger partial charge in [0.2, 0.25) is 11.7 Å². The Labute approximate surface area is 126 Å². The lowest BCUT2D eigenvalue weighted by Crippen LogP contribution is -2.36. The van der Waals surface area contributed by atoms with Crippen LogP contribution in [-0.2, 0) is 10.3 Å². The fraction of sp³-hybridized carbons (Fsp3) is 0.875. The van der Waals surface area contributed by atoms with Gasteiger partial charge in [0.1, 0.15) is 5.60 Å². The summed E-state index contributed by atoms with van der Waals surface area (Å²) in [5.41, 5.74) is -0.323. The molecule has 1 aliphatic carbocycles. The van der Waals surface area contributed by atoms with Crippen molar-refractivity contribution < 1.29 is 9.26 Å². The first-order valence-electron chi connectivity index (χ1n) is 8.42. The van der Waals surface area contributed by atoms with E-state index in [4.69, 9.17) is 14.2 Å². The van der Waals surface area contributed by atoms with Gasteiger partial charge in [0, 0.05) is 13.2 Å². The zero-order valence-corrected chi connectivity index (χ0v) is 13.2. The second-order valence-electron chi connectivity index (χ2n) is 6.63. The molecule has 1 N–H and O–H groups in total. The van der Waals surface area contributed by atoms with Gasteiger partial charge < -0.3 is 14.6 Å². The number of hydrogen-bond acceptors (Lipinski definition) is 5. The lowest BCUT2D eigenvalue weighted by Gasteiger charge is -2.37. The zero-order valence-electron chi connectivity index (χ0n) is 13.2. The Morgan fingerprint density at radius 1 is 1.38 bits per heavy atom. The SMILES string of the molecule is CCOC1(c2noc(C3CCCNC3)n2)CCCC(C)C1. The predicted octanol–water partition coefficient (Wildman–Crippen LogP) is 2.98. The molecule has 5 heteroatoms. The fourth-order valence-electron chi connectivity index (χ4n) is 3.83. The summed E-state index contributed by atoms with van der Waals surface area (Å²) < 4.78 is 11.7. The van der Waals surface area contributed by atoms with E-state index in [-0.39, 0.29) is 5.60 Å². The van der Waals surface area contributed by atoms with E-state index in [9.17, 15) is 0 Å². The first kappa shape index (κ1) is 15.0. The summed E-state index contributed by atoms with van der Waals surface area (Å²) in [6, 6.07) is 0. The molecule has 1 aromatic heterocycles. The molecule has 2 aliphatic rings. The summed E-state index contributed by atoms with van der Waals surface area (Å²) in [5.74, 6) is 2.58. The minimum atomic E-state index is -0.323. The highest BCUT2D eigenvalue weighted by molar-refractivity contribution is 5.06. The number of piperidine rings is 1. The van der Waals surface area contributed by atoms with Crippen molar-refractivity contribution in [3.8, 4) is 0 Å². The maximum Gasteiger partial charge on any atom is 0.231 e. The lowest BCUT2D eigenvalue weighted by molar-refractivity contribution is -0.0891. The third-order valence-corrected chi connectivity index (χ3v) is 4.87. The van der Waals surface area contributed by atoms with Gasteiger partial charge in [-0.1, -0.05) is 18.5 Å². The molecule has 1 aromatic rings. The highest BCUT2D eigenvalue weighted by Crippen LogP contribution is 2.42. The predicted molar refractivity (Wildman–Crippen MR) is 80.1 cm³/mol. The second kappa shape index (κ2) is 6.44. The molecule has 118 valence electrons. The Balaban J connectivity index is 1.81. The van der Waals surface area contributed by atoms with Crippen LogP contribution in [0.1, 0.15) is 70.0 Å². The van der Waals surface area contributed by atoms with Crippen LogP contribution in [-0.4, -0.2) is 29.8 Å². The van der Waals surface area contributed by atoms with E-state index in [0.29, 0.717) is 18.4 Å². The van der Waals surface area contributed by atoms with E-state index in [1.165, 1.54) is 19.3 Å². The Kier molecular flexibility index (Phi) is 4.60. The molecule has 2 heterocycles. The van der Waals surface area contributed by atoms with Crippen molar-refractivity contribution in [3.63, 3.8) is 0 Å².